The second-order valence-corrected chi connectivity index (χ2v) is 4.29. The number of fused-ring (bicyclic) bond motifs is 1. The molecule has 84 valence electrons. The minimum Gasteiger partial charge on any atom is -0.488 e. The first-order chi connectivity index (χ1) is 7.74. The standard InChI is InChI=1S/C12H15N3O/c1-8-11-5-9(16-10-6-13-7-10)3-4-12(11)15(2)14-8/h3-5,10,13H,6-7H2,1-2H3. The highest BCUT2D eigenvalue weighted by Gasteiger charge is 2.18. The lowest BCUT2D eigenvalue weighted by atomic mass is 10.2. The zero-order valence-corrected chi connectivity index (χ0v) is 9.53. The molecule has 0 bridgehead atoms. The van der Waals surface area contributed by atoms with E-state index in [1.54, 1.807) is 0 Å². The zero-order valence-electron chi connectivity index (χ0n) is 9.53. The van der Waals surface area contributed by atoms with Crippen molar-refractivity contribution in [3.63, 3.8) is 0 Å². The normalized spacial score (nSPS) is 16.4. The van der Waals surface area contributed by atoms with Crippen molar-refractivity contribution in [2.75, 3.05) is 13.1 Å². The molecule has 0 saturated carbocycles. The van der Waals surface area contributed by atoms with Gasteiger partial charge < -0.3 is 10.1 Å². The maximum Gasteiger partial charge on any atom is 0.123 e. The van der Waals surface area contributed by atoms with Crippen LogP contribution in [0.25, 0.3) is 10.9 Å². The highest BCUT2D eigenvalue weighted by atomic mass is 16.5. The maximum absolute atomic E-state index is 5.82. The lowest BCUT2D eigenvalue weighted by Gasteiger charge is -2.27. The van der Waals surface area contributed by atoms with Gasteiger partial charge in [0.1, 0.15) is 11.9 Å². The molecule has 1 aliphatic rings. The van der Waals surface area contributed by atoms with Crippen LogP contribution in [0.15, 0.2) is 18.2 Å². The molecule has 3 rings (SSSR count). The van der Waals surface area contributed by atoms with Gasteiger partial charge in [0.25, 0.3) is 0 Å². The summed E-state index contributed by atoms with van der Waals surface area (Å²) < 4.78 is 7.73. The van der Waals surface area contributed by atoms with E-state index in [9.17, 15) is 0 Å². The lowest BCUT2D eigenvalue weighted by Crippen LogP contribution is -2.50. The molecule has 0 atom stereocenters. The van der Waals surface area contributed by atoms with Crippen molar-refractivity contribution in [3.8, 4) is 5.75 Å². The summed E-state index contributed by atoms with van der Waals surface area (Å²) in [7, 11) is 1.96. The van der Waals surface area contributed by atoms with Gasteiger partial charge in [-0.05, 0) is 25.1 Å². The fourth-order valence-corrected chi connectivity index (χ4v) is 2.03. The molecular formula is C12H15N3O. The fraction of sp³-hybridized carbons (Fsp3) is 0.417. The van der Waals surface area contributed by atoms with Crippen molar-refractivity contribution in [2.24, 2.45) is 7.05 Å². The maximum atomic E-state index is 5.82. The number of rotatable bonds is 2. The number of aryl methyl sites for hydroxylation is 2. The van der Waals surface area contributed by atoms with E-state index in [0.717, 1.165) is 30.0 Å². The molecule has 1 aromatic carbocycles. The molecule has 0 unspecified atom stereocenters. The van der Waals surface area contributed by atoms with Gasteiger partial charge in [-0.3, -0.25) is 4.68 Å². The van der Waals surface area contributed by atoms with Crippen LogP contribution in [-0.2, 0) is 7.05 Å². The molecule has 1 fully saturated rings. The van der Waals surface area contributed by atoms with Crippen LogP contribution in [0.4, 0.5) is 0 Å². The van der Waals surface area contributed by atoms with E-state index in [2.05, 4.69) is 22.5 Å². The van der Waals surface area contributed by atoms with Gasteiger partial charge in [-0.25, -0.2) is 0 Å². The Morgan fingerprint density at radius 3 is 2.94 bits per heavy atom. The minimum absolute atomic E-state index is 0.328. The van der Waals surface area contributed by atoms with E-state index >= 15 is 0 Å². The summed E-state index contributed by atoms with van der Waals surface area (Å²) >= 11 is 0. The summed E-state index contributed by atoms with van der Waals surface area (Å²) in [6.07, 6.45) is 0.328. The molecule has 1 aromatic heterocycles. The van der Waals surface area contributed by atoms with Crippen molar-refractivity contribution in [1.82, 2.24) is 15.1 Å². The van der Waals surface area contributed by atoms with E-state index in [-0.39, 0.29) is 0 Å². The SMILES string of the molecule is Cc1nn(C)c2ccc(OC3CNC3)cc12. The smallest absolute Gasteiger partial charge is 0.123 e. The van der Waals surface area contributed by atoms with Crippen LogP contribution in [-0.4, -0.2) is 29.0 Å². The van der Waals surface area contributed by atoms with Crippen LogP contribution >= 0.6 is 0 Å². The molecule has 4 heteroatoms. The highest BCUT2D eigenvalue weighted by molar-refractivity contribution is 5.83. The van der Waals surface area contributed by atoms with Crippen LogP contribution < -0.4 is 10.1 Å². The molecule has 1 aliphatic heterocycles. The first kappa shape index (κ1) is 9.66. The van der Waals surface area contributed by atoms with E-state index in [1.807, 2.05) is 24.7 Å². The third kappa shape index (κ3) is 1.46. The Bertz CT molecular complexity index is 528. The predicted molar refractivity (Wildman–Crippen MR) is 62.7 cm³/mol. The Hall–Kier alpha value is -1.55. The zero-order chi connectivity index (χ0) is 11.1. The average molecular weight is 217 g/mol. The summed E-state index contributed by atoms with van der Waals surface area (Å²) in [6, 6.07) is 6.16. The number of nitrogens with one attached hydrogen (secondary N) is 1. The number of benzene rings is 1. The molecule has 0 aliphatic carbocycles. The Labute approximate surface area is 94.2 Å². The Balaban J connectivity index is 1.97. The molecule has 0 spiro atoms. The quantitative estimate of drug-likeness (QED) is 0.822. The van der Waals surface area contributed by atoms with Gasteiger partial charge in [0.15, 0.2) is 0 Å². The topological polar surface area (TPSA) is 39.1 Å². The highest BCUT2D eigenvalue weighted by Crippen LogP contribution is 2.24. The number of hydrogen-bond donors (Lipinski definition) is 1. The molecule has 0 radical (unpaired) electrons. The van der Waals surface area contributed by atoms with Crippen molar-refractivity contribution < 1.29 is 4.74 Å². The molecule has 2 heterocycles. The molecule has 2 aromatic rings. The van der Waals surface area contributed by atoms with Gasteiger partial charge in [-0.15, -0.1) is 0 Å². The fourth-order valence-electron chi connectivity index (χ4n) is 2.03. The summed E-state index contributed by atoms with van der Waals surface area (Å²) in [4.78, 5) is 0. The molecule has 1 N–H and O–H groups in total. The van der Waals surface area contributed by atoms with E-state index in [4.69, 9.17) is 4.74 Å². The monoisotopic (exact) mass is 217 g/mol. The van der Waals surface area contributed by atoms with Crippen LogP contribution in [0.2, 0.25) is 0 Å². The minimum atomic E-state index is 0.328. The van der Waals surface area contributed by atoms with Gasteiger partial charge in [0, 0.05) is 25.5 Å². The second-order valence-electron chi connectivity index (χ2n) is 4.29. The van der Waals surface area contributed by atoms with Gasteiger partial charge in [0.05, 0.1) is 11.2 Å². The van der Waals surface area contributed by atoms with Gasteiger partial charge >= 0.3 is 0 Å². The molecule has 16 heavy (non-hydrogen) atoms. The van der Waals surface area contributed by atoms with E-state index in [0.29, 0.717) is 6.10 Å². The number of nitrogens with zero attached hydrogens (tertiary/aromatic N) is 2. The molecular weight excluding hydrogens is 202 g/mol. The lowest BCUT2D eigenvalue weighted by molar-refractivity contribution is 0.142. The van der Waals surface area contributed by atoms with Crippen molar-refractivity contribution >= 4 is 10.9 Å². The molecule has 0 amide bonds. The van der Waals surface area contributed by atoms with Crippen molar-refractivity contribution in [2.45, 2.75) is 13.0 Å². The largest absolute Gasteiger partial charge is 0.488 e. The average Bonchev–Trinajstić information content (AvgIpc) is 2.49. The summed E-state index contributed by atoms with van der Waals surface area (Å²) in [5.74, 6) is 0.940. The van der Waals surface area contributed by atoms with Crippen LogP contribution in [0.5, 0.6) is 5.75 Å². The number of hydrogen-bond acceptors (Lipinski definition) is 3. The Morgan fingerprint density at radius 2 is 2.25 bits per heavy atom. The number of ether oxygens (including phenoxy) is 1. The van der Waals surface area contributed by atoms with Gasteiger partial charge in [-0.2, -0.15) is 5.10 Å². The third-order valence-electron chi connectivity index (χ3n) is 3.05. The Morgan fingerprint density at radius 1 is 1.44 bits per heavy atom. The van der Waals surface area contributed by atoms with Crippen LogP contribution in [0.3, 0.4) is 0 Å². The van der Waals surface area contributed by atoms with Crippen LogP contribution in [0, 0.1) is 6.92 Å². The molecule has 1 saturated heterocycles. The summed E-state index contributed by atoms with van der Waals surface area (Å²) in [5.41, 5.74) is 2.20. The van der Waals surface area contributed by atoms with Gasteiger partial charge in [0.2, 0.25) is 0 Å². The first-order valence-corrected chi connectivity index (χ1v) is 5.55. The first-order valence-electron chi connectivity index (χ1n) is 5.55. The summed E-state index contributed by atoms with van der Waals surface area (Å²) in [6.45, 7) is 3.92. The number of aromatic nitrogens is 2. The second kappa shape index (κ2) is 3.49. The predicted octanol–water partition coefficient (Wildman–Crippen LogP) is 1.23. The van der Waals surface area contributed by atoms with Crippen molar-refractivity contribution in [1.29, 1.82) is 0 Å². The van der Waals surface area contributed by atoms with E-state index in [1.165, 1.54) is 5.39 Å². The summed E-state index contributed by atoms with van der Waals surface area (Å²) in [5, 5.41) is 8.76. The van der Waals surface area contributed by atoms with E-state index < -0.39 is 0 Å². The van der Waals surface area contributed by atoms with Crippen molar-refractivity contribution in [3.05, 3.63) is 23.9 Å². The Kier molecular flexibility index (Phi) is 2.11. The van der Waals surface area contributed by atoms with Crippen LogP contribution in [0.1, 0.15) is 5.69 Å². The third-order valence-corrected chi connectivity index (χ3v) is 3.05. The van der Waals surface area contributed by atoms with Gasteiger partial charge in [-0.1, -0.05) is 0 Å². The molecule has 4 nitrogen and oxygen atoms in total.